The van der Waals surface area contributed by atoms with Gasteiger partial charge in [-0.25, -0.2) is 9.67 Å². The van der Waals surface area contributed by atoms with Crippen LogP contribution in [0.15, 0.2) is 6.33 Å². The molecule has 5 nitrogen and oxygen atoms in total. The van der Waals surface area contributed by atoms with Crippen molar-refractivity contribution in [2.75, 3.05) is 14.1 Å². The molecule has 5 heteroatoms. The molecule has 0 aliphatic carbocycles. The molecule has 0 spiro atoms. The molecule has 1 aromatic heterocycles. The highest BCUT2D eigenvalue weighted by molar-refractivity contribution is 5.00. The Balaban J connectivity index is 2.86. The average Bonchev–Trinajstić information content (AvgIpc) is 2.75. The van der Waals surface area contributed by atoms with E-state index in [0.717, 1.165) is 18.7 Å². The first-order valence-corrected chi connectivity index (χ1v) is 6.64. The summed E-state index contributed by atoms with van der Waals surface area (Å²) in [5, 5.41) is 4.26. The zero-order chi connectivity index (χ0) is 13.9. The van der Waals surface area contributed by atoms with E-state index in [2.05, 4.69) is 56.8 Å². The molecule has 0 aromatic carbocycles. The van der Waals surface area contributed by atoms with Crippen LogP contribution in [0.2, 0.25) is 0 Å². The van der Waals surface area contributed by atoms with Crippen LogP contribution in [0, 0.1) is 0 Å². The van der Waals surface area contributed by atoms with Crippen LogP contribution in [0.3, 0.4) is 0 Å². The lowest BCUT2D eigenvalue weighted by Gasteiger charge is -2.40. The van der Waals surface area contributed by atoms with Gasteiger partial charge in [0.15, 0.2) is 0 Å². The minimum atomic E-state index is -0.0201. The summed E-state index contributed by atoms with van der Waals surface area (Å²) in [4.78, 5) is 6.54. The van der Waals surface area contributed by atoms with Crippen LogP contribution in [0.25, 0.3) is 0 Å². The molecule has 2 unspecified atom stereocenters. The third-order valence-corrected chi connectivity index (χ3v) is 4.08. The smallest absolute Gasteiger partial charge is 0.138 e. The summed E-state index contributed by atoms with van der Waals surface area (Å²) in [6.07, 6.45) is 3.37. The van der Waals surface area contributed by atoms with E-state index in [0.29, 0.717) is 6.04 Å². The van der Waals surface area contributed by atoms with Crippen LogP contribution in [0.5, 0.6) is 0 Å². The zero-order valence-corrected chi connectivity index (χ0v) is 12.5. The Morgan fingerprint density at radius 3 is 2.50 bits per heavy atom. The highest BCUT2D eigenvalue weighted by Gasteiger charge is 2.33. The number of hydrogen-bond acceptors (Lipinski definition) is 4. The number of likely N-dealkylation sites (N-methyl/N-ethyl adjacent to an activating group) is 1. The molecular weight excluding hydrogens is 226 g/mol. The van der Waals surface area contributed by atoms with Crippen LogP contribution < -0.4 is 5.73 Å². The molecule has 18 heavy (non-hydrogen) atoms. The van der Waals surface area contributed by atoms with Crippen LogP contribution in [-0.2, 0) is 6.42 Å². The number of nitrogens with two attached hydrogens (primary N) is 1. The average molecular weight is 253 g/mol. The second-order valence-corrected chi connectivity index (χ2v) is 5.63. The minimum absolute atomic E-state index is 0.0201. The van der Waals surface area contributed by atoms with Gasteiger partial charge in [0.1, 0.15) is 12.2 Å². The molecule has 1 heterocycles. The van der Waals surface area contributed by atoms with Crippen LogP contribution in [0.1, 0.15) is 46.0 Å². The molecular formula is C13H27N5. The predicted octanol–water partition coefficient (Wildman–Crippen LogP) is 1.46. The summed E-state index contributed by atoms with van der Waals surface area (Å²) in [6, 6.07) is 0.362. The van der Waals surface area contributed by atoms with Gasteiger partial charge in [0, 0.05) is 24.0 Å². The van der Waals surface area contributed by atoms with Gasteiger partial charge in [-0.05, 0) is 41.3 Å². The molecule has 0 radical (unpaired) electrons. The highest BCUT2D eigenvalue weighted by Crippen LogP contribution is 2.22. The Hall–Kier alpha value is -0.940. The van der Waals surface area contributed by atoms with E-state index in [4.69, 9.17) is 5.73 Å². The van der Waals surface area contributed by atoms with Gasteiger partial charge in [-0.2, -0.15) is 5.10 Å². The Morgan fingerprint density at radius 1 is 1.44 bits per heavy atom. The van der Waals surface area contributed by atoms with Crippen molar-refractivity contribution in [3.8, 4) is 0 Å². The molecule has 1 aromatic rings. The molecule has 2 N–H and O–H groups in total. The predicted molar refractivity (Wildman–Crippen MR) is 74.5 cm³/mol. The van der Waals surface area contributed by atoms with E-state index >= 15 is 0 Å². The van der Waals surface area contributed by atoms with Gasteiger partial charge in [-0.15, -0.1) is 0 Å². The SMILES string of the molecule is CCC(C)(C(N)Cc1ncnn1C(C)C)N(C)C. The number of aromatic nitrogens is 3. The van der Waals surface area contributed by atoms with Gasteiger partial charge in [0.05, 0.1) is 0 Å². The third kappa shape index (κ3) is 2.90. The Labute approximate surface area is 110 Å². The lowest BCUT2D eigenvalue weighted by molar-refractivity contribution is 0.129. The molecule has 0 bridgehead atoms. The van der Waals surface area contributed by atoms with E-state index in [-0.39, 0.29) is 11.6 Å². The quantitative estimate of drug-likeness (QED) is 0.834. The second-order valence-electron chi connectivity index (χ2n) is 5.63. The van der Waals surface area contributed by atoms with Crippen molar-refractivity contribution in [1.82, 2.24) is 19.7 Å². The van der Waals surface area contributed by atoms with Crippen molar-refractivity contribution in [2.45, 2.75) is 58.2 Å². The van der Waals surface area contributed by atoms with Gasteiger partial charge in [0.2, 0.25) is 0 Å². The van der Waals surface area contributed by atoms with E-state index in [1.807, 2.05) is 4.68 Å². The van der Waals surface area contributed by atoms with Crippen LogP contribution in [0.4, 0.5) is 0 Å². The molecule has 0 saturated carbocycles. The highest BCUT2D eigenvalue weighted by atomic mass is 15.3. The maximum absolute atomic E-state index is 6.40. The summed E-state index contributed by atoms with van der Waals surface area (Å²) in [6.45, 7) is 8.59. The molecule has 104 valence electrons. The van der Waals surface area contributed by atoms with Gasteiger partial charge >= 0.3 is 0 Å². The summed E-state index contributed by atoms with van der Waals surface area (Å²) < 4.78 is 1.95. The van der Waals surface area contributed by atoms with Crippen molar-refractivity contribution < 1.29 is 0 Å². The largest absolute Gasteiger partial charge is 0.326 e. The summed E-state index contributed by atoms with van der Waals surface area (Å²) >= 11 is 0. The zero-order valence-electron chi connectivity index (χ0n) is 12.5. The number of nitrogens with zero attached hydrogens (tertiary/aromatic N) is 4. The summed E-state index contributed by atoms with van der Waals surface area (Å²) in [5.41, 5.74) is 6.38. The Bertz CT molecular complexity index is 371. The fraction of sp³-hybridized carbons (Fsp3) is 0.846. The molecule has 1 rings (SSSR count). The minimum Gasteiger partial charge on any atom is -0.326 e. The second kappa shape index (κ2) is 5.80. The first-order valence-electron chi connectivity index (χ1n) is 6.64. The van der Waals surface area contributed by atoms with Gasteiger partial charge in [-0.3, -0.25) is 0 Å². The van der Waals surface area contributed by atoms with Crippen molar-refractivity contribution in [3.05, 3.63) is 12.2 Å². The molecule has 0 saturated heterocycles. The van der Waals surface area contributed by atoms with Gasteiger partial charge in [-0.1, -0.05) is 6.92 Å². The molecule has 0 amide bonds. The van der Waals surface area contributed by atoms with Crippen molar-refractivity contribution in [3.63, 3.8) is 0 Å². The van der Waals surface area contributed by atoms with Crippen LogP contribution in [-0.4, -0.2) is 45.3 Å². The topological polar surface area (TPSA) is 60.0 Å². The maximum atomic E-state index is 6.40. The van der Waals surface area contributed by atoms with Gasteiger partial charge < -0.3 is 10.6 Å². The van der Waals surface area contributed by atoms with E-state index in [1.54, 1.807) is 6.33 Å². The first kappa shape index (κ1) is 15.1. The number of rotatable bonds is 6. The summed E-state index contributed by atoms with van der Waals surface area (Å²) in [7, 11) is 4.16. The Kier molecular flexibility index (Phi) is 4.87. The standard InChI is InChI=1S/C13H27N5/c1-7-13(4,17(5)6)11(14)8-12-15-9-16-18(12)10(2)3/h9-11H,7-8,14H2,1-6H3. The molecule has 0 aliphatic rings. The van der Waals surface area contributed by atoms with E-state index in [9.17, 15) is 0 Å². The lowest BCUT2D eigenvalue weighted by atomic mass is 9.86. The van der Waals surface area contributed by atoms with Crippen molar-refractivity contribution in [1.29, 1.82) is 0 Å². The lowest BCUT2D eigenvalue weighted by Crippen LogP contribution is -2.56. The van der Waals surface area contributed by atoms with Crippen molar-refractivity contribution in [2.24, 2.45) is 5.73 Å². The van der Waals surface area contributed by atoms with Crippen LogP contribution >= 0.6 is 0 Å². The normalized spacial score (nSPS) is 17.2. The van der Waals surface area contributed by atoms with E-state index < -0.39 is 0 Å². The van der Waals surface area contributed by atoms with Crippen molar-refractivity contribution >= 4 is 0 Å². The fourth-order valence-corrected chi connectivity index (χ4v) is 2.18. The monoisotopic (exact) mass is 253 g/mol. The maximum Gasteiger partial charge on any atom is 0.138 e. The third-order valence-electron chi connectivity index (χ3n) is 4.08. The fourth-order valence-electron chi connectivity index (χ4n) is 2.18. The van der Waals surface area contributed by atoms with E-state index in [1.165, 1.54) is 0 Å². The summed E-state index contributed by atoms with van der Waals surface area (Å²) in [5.74, 6) is 0.971. The number of hydrogen-bond donors (Lipinski definition) is 1. The first-order chi connectivity index (χ1) is 8.32. The van der Waals surface area contributed by atoms with Gasteiger partial charge in [0.25, 0.3) is 0 Å². The molecule has 0 aliphatic heterocycles. The molecule has 2 atom stereocenters. The molecule has 0 fully saturated rings. The Morgan fingerprint density at radius 2 is 2.06 bits per heavy atom.